The molecule has 0 fully saturated rings. The lowest BCUT2D eigenvalue weighted by molar-refractivity contribution is 0.927. The molecule has 0 spiro atoms. The van der Waals surface area contributed by atoms with E-state index in [9.17, 15) is 0 Å². The van der Waals surface area contributed by atoms with Crippen LogP contribution < -0.4 is 5.73 Å². The average Bonchev–Trinajstić information content (AvgIpc) is 2.61. The van der Waals surface area contributed by atoms with Gasteiger partial charge in [-0.2, -0.15) is 0 Å². The Kier molecular flexibility index (Phi) is 3.61. The first-order valence-corrected chi connectivity index (χ1v) is 6.74. The molecule has 0 saturated carbocycles. The van der Waals surface area contributed by atoms with Gasteiger partial charge in [0.2, 0.25) is 0 Å². The summed E-state index contributed by atoms with van der Waals surface area (Å²) < 4.78 is 0. The van der Waals surface area contributed by atoms with E-state index in [1.54, 1.807) is 0 Å². The van der Waals surface area contributed by atoms with Gasteiger partial charge in [0.25, 0.3) is 0 Å². The fourth-order valence-electron chi connectivity index (χ4n) is 1.76. The van der Waals surface area contributed by atoms with Gasteiger partial charge < -0.3 is 5.73 Å². The van der Waals surface area contributed by atoms with Crippen LogP contribution in [0.15, 0.2) is 18.2 Å². The zero-order chi connectivity index (χ0) is 12.6. The third kappa shape index (κ3) is 2.57. The van der Waals surface area contributed by atoms with Crippen molar-refractivity contribution in [3.63, 3.8) is 0 Å². The molecule has 0 aliphatic heterocycles. The minimum absolute atomic E-state index is 0.222. The maximum absolute atomic E-state index is 6.02. The normalized spacial score (nSPS) is 12.7. The molecular formula is C12H12Cl2N2S. The van der Waals surface area contributed by atoms with Crippen molar-refractivity contribution in [2.45, 2.75) is 19.8 Å². The molecule has 0 radical (unpaired) electrons. The van der Waals surface area contributed by atoms with E-state index in [0.29, 0.717) is 15.2 Å². The largest absolute Gasteiger partial charge is 0.375 e. The quantitative estimate of drug-likeness (QED) is 0.883. The molecule has 1 aromatic heterocycles. The van der Waals surface area contributed by atoms with Gasteiger partial charge in [-0.3, -0.25) is 0 Å². The third-order valence-corrected chi connectivity index (χ3v) is 4.59. The van der Waals surface area contributed by atoms with Crippen LogP contribution in [0.3, 0.4) is 0 Å². The highest BCUT2D eigenvalue weighted by Crippen LogP contribution is 2.34. The monoisotopic (exact) mass is 286 g/mol. The lowest BCUT2D eigenvalue weighted by Crippen LogP contribution is -1.95. The Labute approximate surface area is 114 Å². The molecule has 1 unspecified atom stereocenters. The van der Waals surface area contributed by atoms with Crippen molar-refractivity contribution in [2.75, 3.05) is 5.73 Å². The fraction of sp³-hybridized carbons (Fsp3) is 0.250. The van der Waals surface area contributed by atoms with E-state index in [2.05, 4.69) is 11.9 Å². The minimum Gasteiger partial charge on any atom is -0.375 e. The number of hydrogen-bond donors (Lipinski definition) is 1. The summed E-state index contributed by atoms with van der Waals surface area (Å²) in [6.45, 7) is 4.08. The molecule has 5 heteroatoms. The Morgan fingerprint density at radius 3 is 2.53 bits per heavy atom. The molecule has 1 atom stereocenters. The van der Waals surface area contributed by atoms with E-state index in [-0.39, 0.29) is 5.92 Å². The number of aromatic nitrogens is 1. The molecule has 0 aliphatic carbocycles. The lowest BCUT2D eigenvalue weighted by Gasteiger charge is -2.11. The third-order valence-electron chi connectivity index (χ3n) is 2.69. The highest BCUT2D eigenvalue weighted by atomic mass is 35.5. The van der Waals surface area contributed by atoms with Crippen molar-refractivity contribution in [1.29, 1.82) is 0 Å². The second kappa shape index (κ2) is 4.84. The van der Waals surface area contributed by atoms with Crippen LogP contribution in [0.4, 0.5) is 5.13 Å². The molecule has 2 aromatic rings. The summed E-state index contributed by atoms with van der Waals surface area (Å²) in [6.07, 6.45) is 0. The first-order chi connectivity index (χ1) is 7.99. The SMILES string of the molecule is Cc1nc(N)sc1C(C)c1ccc(Cl)c(Cl)c1. The van der Waals surface area contributed by atoms with Crippen LogP contribution in [0.25, 0.3) is 0 Å². The molecule has 0 amide bonds. The number of rotatable bonds is 2. The van der Waals surface area contributed by atoms with Crippen LogP contribution in [-0.2, 0) is 0 Å². The Hall–Kier alpha value is -0.770. The van der Waals surface area contributed by atoms with Gasteiger partial charge in [0, 0.05) is 10.8 Å². The zero-order valence-corrected chi connectivity index (χ0v) is 11.8. The van der Waals surface area contributed by atoms with E-state index in [4.69, 9.17) is 28.9 Å². The summed E-state index contributed by atoms with van der Waals surface area (Å²) in [4.78, 5) is 5.40. The van der Waals surface area contributed by atoms with E-state index >= 15 is 0 Å². The summed E-state index contributed by atoms with van der Waals surface area (Å²) in [5.41, 5.74) is 7.80. The number of hydrogen-bond acceptors (Lipinski definition) is 3. The first-order valence-electron chi connectivity index (χ1n) is 5.16. The molecule has 2 nitrogen and oxygen atoms in total. The Bertz CT molecular complexity index is 551. The van der Waals surface area contributed by atoms with Gasteiger partial charge in [0.1, 0.15) is 0 Å². The number of benzene rings is 1. The summed E-state index contributed by atoms with van der Waals surface area (Å²) >= 11 is 13.4. The van der Waals surface area contributed by atoms with Gasteiger partial charge in [-0.05, 0) is 24.6 Å². The van der Waals surface area contributed by atoms with Crippen LogP contribution in [-0.4, -0.2) is 4.98 Å². The maximum atomic E-state index is 6.02. The smallest absolute Gasteiger partial charge is 0.180 e. The average molecular weight is 287 g/mol. The van der Waals surface area contributed by atoms with Gasteiger partial charge in [-0.25, -0.2) is 4.98 Å². The summed E-state index contributed by atoms with van der Waals surface area (Å²) in [5, 5.41) is 1.75. The minimum atomic E-state index is 0.222. The summed E-state index contributed by atoms with van der Waals surface area (Å²) in [5.74, 6) is 0.222. The molecule has 2 rings (SSSR count). The van der Waals surface area contributed by atoms with Gasteiger partial charge in [-0.1, -0.05) is 36.2 Å². The number of nitrogen functional groups attached to an aromatic ring is 1. The number of nitrogens with zero attached hydrogens (tertiary/aromatic N) is 1. The van der Waals surface area contributed by atoms with Crippen molar-refractivity contribution >= 4 is 39.7 Å². The van der Waals surface area contributed by atoms with E-state index < -0.39 is 0 Å². The molecule has 17 heavy (non-hydrogen) atoms. The van der Waals surface area contributed by atoms with E-state index in [1.165, 1.54) is 16.2 Å². The standard InChI is InChI=1S/C12H12Cl2N2S/c1-6(11-7(2)16-12(15)17-11)8-3-4-9(13)10(14)5-8/h3-6H,1-2H3,(H2,15,16). The number of thiazole rings is 1. The predicted molar refractivity (Wildman–Crippen MR) is 75.2 cm³/mol. The van der Waals surface area contributed by atoms with Crippen LogP contribution >= 0.6 is 34.5 Å². The number of aryl methyl sites for hydroxylation is 1. The van der Waals surface area contributed by atoms with Gasteiger partial charge >= 0.3 is 0 Å². The number of anilines is 1. The molecule has 1 aromatic carbocycles. The van der Waals surface area contributed by atoms with Crippen LogP contribution in [0.1, 0.15) is 29.0 Å². The first kappa shape index (κ1) is 12.7. The van der Waals surface area contributed by atoms with Gasteiger partial charge in [-0.15, -0.1) is 11.3 Å². The second-order valence-corrected chi connectivity index (χ2v) is 5.77. The Balaban J connectivity index is 2.40. The summed E-state index contributed by atoms with van der Waals surface area (Å²) in [6, 6.07) is 5.69. The number of halogens is 2. The van der Waals surface area contributed by atoms with E-state index in [0.717, 1.165) is 11.3 Å². The molecule has 0 aliphatic rings. The number of nitrogens with two attached hydrogens (primary N) is 1. The van der Waals surface area contributed by atoms with Crippen molar-refractivity contribution in [1.82, 2.24) is 4.98 Å². The second-order valence-electron chi connectivity index (χ2n) is 3.90. The molecule has 1 heterocycles. The van der Waals surface area contributed by atoms with Crippen LogP contribution in [0, 0.1) is 6.92 Å². The fourth-order valence-corrected chi connectivity index (χ4v) is 2.99. The van der Waals surface area contributed by atoms with Crippen molar-refractivity contribution in [3.05, 3.63) is 44.4 Å². The molecule has 90 valence electrons. The van der Waals surface area contributed by atoms with Crippen molar-refractivity contribution < 1.29 is 0 Å². The zero-order valence-electron chi connectivity index (χ0n) is 9.50. The van der Waals surface area contributed by atoms with Crippen LogP contribution in [0.2, 0.25) is 10.0 Å². The van der Waals surface area contributed by atoms with Crippen LogP contribution in [0.5, 0.6) is 0 Å². The van der Waals surface area contributed by atoms with Crippen molar-refractivity contribution in [3.8, 4) is 0 Å². The van der Waals surface area contributed by atoms with E-state index in [1.807, 2.05) is 25.1 Å². The van der Waals surface area contributed by atoms with Gasteiger partial charge in [0.15, 0.2) is 5.13 Å². The summed E-state index contributed by atoms with van der Waals surface area (Å²) in [7, 11) is 0. The molecule has 2 N–H and O–H groups in total. The highest BCUT2D eigenvalue weighted by molar-refractivity contribution is 7.15. The molecular weight excluding hydrogens is 275 g/mol. The van der Waals surface area contributed by atoms with Gasteiger partial charge in [0.05, 0.1) is 15.7 Å². The molecule has 0 saturated heterocycles. The topological polar surface area (TPSA) is 38.9 Å². The lowest BCUT2D eigenvalue weighted by atomic mass is 9.99. The highest BCUT2D eigenvalue weighted by Gasteiger charge is 2.16. The molecule has 0 bridgehead atoms. The maximum Gasteiger partial charge on any atom is 0.180 e. The Morgan fingerprint density at radius 1 is 1.29 bits per heavy atom. The Morgan fingerprint density at radius 2 is 2.00 bits per heavy atom. The van der Waals surface area contributed by atoms with Crippen molar-refractivity contribution in [2.24, 2.45) is 0 Å². The predicted octanol–water partition coefficient (Wildman–Crippen LogP) is 4.49.